The second-order valence-corrected chi connectivity index (χ2v) is 7.61. The molecule has 1 heterocycles. The molecule has 0 saturated heterocycles. The van der Waals surface area contributed by atoms with Gasteiger partial charge in [0.05, 0.1) is 6.42 Å². The van der Waals surface area contributed by atoms with Gasteiger partial charge in [-0.2, -0.15) is 11.3 Å². The number of thiophene rings is 1. The lowest BCUT2D eigenvalue weighted by atomic mass is 9.54. The highest BCUT2D eigenvalue weighted by atomic mass is 32.1. The Balaban J connectivity index is 1.41. The number of carbonyl (C=O) groups excluding carboxylic acids is 1. The summed E-state index contributed by atoms with van der Waals surface area (Å²) in [5.74, 6) is 3.75. The van der Waals surface area contributed by atoms with Crippen LogP contribution in [0.3, 0.4) is 0 Å². The first-order chi connectivity index (χ1) is 9.28. The van der Waals surface area contributed by atoms with E-state index in [1.54, 1.807) is 11.3 Å². The zero-order chi connectivity index (χ0) is 12.8. The van der Waals surface area contributed by atoms with Gasteiger partial charge in [0.2, 0.25) is 5.91 Å². The molecule has 4 saturated carbocycles. The fraction of sp³-hybridized carbons (Fsp3) is 0.688. The summed E-state index contributed by atoms with van der Waals surface area (Å²) < 4.78 is 0. The van der Waals surface area contributed by atoms with Crippen molar-refractivity contribution in [3.05, 3.63) is 22.4 Å². The van der Waals surface area contributed by atoms with Gasteiger partial charge in [-0.15, -0.1) is 0 Å². The van der Waals surface area contributed by atoms with Crippen molar-refractivity contribution in [2.45, 2.75) is 44.6 Å². The molecule has 4 aliphatic carbocycles. The van der Waals surface area contributed by atoms with Crippen LogP contribution in [0.25, 0.3) is 0 Å². The SMILES string of the molecule is O=C(Cc1ccsc1)NC1C2CC3CC(C2)CC1C3. The first-order valence-electron chi connectivity index (χ1n) is 7.58. The summed E-state index contributed by atoms with van der Waals surface area (Å²) in [6.45, 7) is 0. The summed E-state index contributed by atoms with van der Waals surface area (Å²) in [5, 5.41) is 7.49. The van der Waals surface area contributed by atoms with Crippen molar-refractivity contribution in [3.8, 4) is 0 Å². The highest BCUT2D eigenvalue weighted by molar-refractivity contribution is 7.07. The van der Waals surface area contributed by atoms with E-state index in [1.807, 2.05) is 5.38 Å². The normalized spacial score (nSPS) is 39.5. The summed E-state index contributed by atoms with van der Waals surface area (Å²) in [6.07, 6.45) is 7.52. The van der Waals surface area contributed by atoms with Gasteiger partial charge >= 0.3 is 0 Å². The average Bonchev–Trinajstić information content (AvgIpc) is 2.85. The Morgan fingerprint density at radius 1 is 1.16 bits per heavy atom. The summed E-state index contributed by atoms with van der Waals surface area (Å²) in [5.41, 5.74) is 1.16. The topological polar surface area (TPSA) is 29.1 Å². The minimum absolute atomic E-state index is 0.232. The van der Waals surface area contributed by atoms with E-state index in [2.05, 4.69) is 16.8 Å². The van der Waals surface area contributed by atoms with Gasteiger partial charge in [0.1, 0.15) is 0 Å². The fourth-order valence-corrected chi connectivity index (χ4v) is 5.65. The lowest BCUT2D eigenvalue weighted by molar-refractivity contribution is -0.124. The average molecular weight is 275 g/mol. The van der Waals surface area contributed by atoms with Crippen molar-refractivity contribution in [2.75, 3.05) is 0 Å². The van der Waals surface area contributed by atoms with Gasteiger partial charge in [0.25, 0.3) is 0 Å². The van der Waals surface area contributed by atoms with E-state index >= 15 is 0 Å². The Hall–Kier alpha value is -0.830. The van der Waals surface area contributed by atoms with Crippen LogP contribution in [0.4, 0.5) is 0 Å². The first-order valence-corrected chi connectivity index (χ1v) is 8.52. The lowest BCUT2D eigenvalue weighted by Gasteiger charge is -2.54. The highest BCUT2D eigenvalue weighted by Gasteiger charge is 2.48. The van der Waals surface area contributed by atoms with Crippen LogP contribution in [0.2, 0.25) is 0 Å². The zero-order valence-electron chi connectivity index (χ0n) is 11.2. The van der Waals surface area contributed by atoms with Crippen LogP contribution in [0.15, 0.2) is 16.8 Å². The third-order valence-electron chi connectivity index (χ3n) is 5.50. The van der Waals surface area contributed by atoms with Crippen molar-refractivity contribution >= 4 is 17.2 Å². The number of rotatable bonds is 3. The van der Waals surface area contributed by atoms with Gasteiger partial charge in [-0.1, -0.05) is 0 Å². The second-order valence-electron chi connectivity index (χ2n) is 6.83. The predicted octanol–water partition coefficient (Wildman–Crippen LogP) is 3.23. The Bertz CT molecular complexity index is 439. The van der Waals surface area contributed by atoms with E-state index in [4.69, 9.17) is 0 Å². The highest BCUT2D eigenvalue weighted by Crippen LogP contribution is 2.53. The van der Waals surface area contributed by atoms with Crippen LogP contribution >= 0.6 is 11.3 Å². The Morgan fingerprint density at radius 2 is 1.84 bits per heavy atom. The maximum atomic E-state index is 12.2. The maximum absolute atomic E-state index is 12.2. The van der Waals surface area contributed by atoms with Gasteiger partial charge in [-0.25, -0.2) is 0 Å². The van der Waals surface area contributed by atoms with E-state index in [-0.39, 0.29) is 5.91 Å². The van der Waals surface area contributed by atoms with Gasteiger partial charge in [0, 0.05) is 6.04 Å². The molecule has 4 bridgehead atoms. The monoisotopic (exact) mass is 275 g/mol. The van der Waals surface area contributed by atoms with E-state index in [1.165, 1.54) is 32.1 Å². The molecule has 4 aliphatic rings. The van der Waals surface area contributed by atoms with Crippen molar-refractivity contribution in [1.29, 1.82) is 0 Å². The molecular formula is C16H21NOS. The molecule has 1 N–H and O–H groups in total. The fourth-order valence-electron chi connectivity index (χ4n) is 4.98. The minimum atomic E-state index is 0.232. The van der Waals surface area contributed by atoms with Crippen LogP contribution in [0.5, 0.6) is 0 Å². The molecule has 0 aromatic carbocycles. The number of hydrogen-bond donors (Lipinski definition) is 1. The molecule has 0 atom stereocenters. The van der Waals surface area contributed by atoms with E-state index < -0.39 is 0 Å². The van der Waals surface area contributed by atoms with Crippen LogP contribution < -0.4 is 5.32 Å². The summed E-state index contributed by atoms with van der Waals surface area (Å²) in [7, 11) is 0. The van der Waals surface area contributed by atoms with Crippen LogP contribution in [0.1, 0.15) is 37.7 Å². The summed E-state index contributed by atoms with van der Waals surface area (Å²) >= 11 is 1.67. The second kappa shape index (κ2) is 4.62. The molecule has 0 radical (unpaired) electrons. The largest absolute Gasteiger partial charge is 0.353 e. The number of carbonyl (C=O) groups is 1. The summed E-state index contributed by atoms with van der Waals surface area (Å²) in [4.78, 5) is 12.2. The van der Waals surface area contributed by atoms with Crippen LogP contribution in [-0.2, 0) is 11.2 Å². The molecule has 2 nitrogen and oxygen atoms in total. The molecule has 19 heavy (non-hydrogen) atoms. The Kier molecular flexibility index (Phi) is 2.91. The number of amides is 1. The molecule has 4 fully saturated rings. The lowest BCUT2D eigenvalue weighted by Crippen LogP contribution is -2.56. The molecular weight excluding hydrogens is 254 g/mol. The quantitative estimate of drug-likeness (QED) is 0.901. The molecule has 1 aromatic rings. The molecule has 0 unspecified atom stereocenters. The van der Waals surface area contributed by atoms with Crippen molar-refractivity contribution in [3.63, 3.8) is 0 Å². The maximum Gasteiger partial charge on any atom is 0.224 e. The van der Waals surface area contributed by atoms with E-state index in [9.17, 15) is 4.79 Å². The molecule has 3 heteroatoms. The number of hydrogen-bond acceptors (Lipinski definition) is 2. The van der Waals surface area contributed by atoms with Gasteiger partial charge in [-0.05, 0) is 78.2 Å². The smallest absolute Gasteiger partial charge is 0.224 e. The standard InChI is InChI=1S/C16H21NOS/c18-15(8-10-1-2-19-9-10)17-16-13-4-11-3-12(6-13)7-14(16)5-11/h1-2,9,11-14,16H,3-8H2,(H,17,18). The van der Waals surface area contributed by atoms with Gasteiger partial charge in [-0.3, -0.25) is 4.79 Å². The van der Waals surface area contributed by atoms with Gasteiger partial charge in [0.15, 0.2) is 0 Å². The summed E-state index contributed by atoms with van der Waals surface area (Å²) in [6, 6.07) is 2.54. The molecule has 1 amide bonds. The molecule has 1 aromatic heterocycles. The van der Waals surface area contributed by atoms with Crippen molar-refractivity contribution in [2.24, 2.45) is 23.7 Å². The van der Waals surface area contributed by atoms with Crippen LogP contribution in [0, 0.1) is 23.7 Å². The first kappa shape index (κ1) is 12.0. The molecule has 0 spiro atoms. The van der Waals surface area contributed by atoms with E-state index in [0.29, 0.717) is 12.5 Å². The number of nitrogens with one attached hydrogen (secondary N) is 1. The van der Waals surface area contributed by atoms with E-state index in [0.717, 1.165) is 29.2 Å². The molecule has 102 valence electrons. The molecule has 5 rings (SSSR count). The predicted molar refractivity (Wildman–Crippen MR) is 77.0 cm³/mol. The van der Waals surface area contributed by atoms with Gasteiger partial charge < -0.3 is 5.32 Å². The Morgan fingerprint density at radius 3 is 2.42 bits per heavy atom. The third-order valence-corrected chi connectivity index (χ3v) is 6.23. The molecule has 0 aliphatic heterocycles. The Labute approximate surface area is 118 Å². The van der Waals surface area contributed by atoms with Crippen LogP contribution in [-0.4, -0.2) is 11.9 Å². The van der Waals surface area contributed by atoms with Crippen molar-refractivity contribution in [1.82, 2.24) is 5.32 Å². The minimum Gasteiger partial charge on any atom is -0.353 e. The zero-order valence-corrected chi connectivity index (χ0v) is 12.0. The van der Waals surface area contributed by atoms with Crippen molar-refractivity contribution < 1.29 is 4.79 Å². The third kappa shape index (κ3) is 2.22.